The third-order valence-corrected chi connectivity index (χ3v) is 4.52. The van der Waals surface area contributed by atoms with Gasteiger partial charge in [0.2, 0.25) is 0 Å². The maximum Gasteiger partial charge on any atom is 0.263 e. The summed E-state index contributed by atoms with van der Waals surface area (Å²) in [7, 11) is 0. The molecule has 0 radical (unpaired) electrons. The Bertz CT molecular complexity index is 1030. The maximum atomic E-state index is 13.9. The molecule has 0 spiro atoms. The van der Waals surface area contributed by atoms with E-state index in [9.17, 15) is 14.0 Å². The number of amides is 1. The number of carbonyl (C=O) groups is 1. The van der Waals surface area contributed by atoms with E-state index in [4.69, 9.17) is 0 Å². The normalized spacial score (nSPS) is 10.6. The minimum Gasteiger partial charge on any atom is -0.310 e. The summed E-state index contributed by atoms with van der Waals surface area (Å²) in [5.74, 6) is -0.740. The molecule has 1 amide bonds. The molecule has 0 N–H and O–H groups in total. The summed E-state index contributed by atoms with van der Waals surface area (Å²) < 4.78 is 15.3. The molecule has 27 heavy (non-hydrogen) atoms. The Hall–Kier alpha value is -3.21. The highest BCUT2D eigenvalue weighted by atomic mass is 19.1. The van der Waals surface area contributed by atoms with Gasteiger partial charge in [-0.25, -0.2) is 4.39 Å². The summed E-state index contributed by atoms with van der Waals surface area (Å²) in [6.45, 7) is 4.30. The molecular weight excluding hydrogens is 343 g/mol. The van der Waals surface area contributed by atoms with Gasteiger partial charge in [0, 0.05) is 24.0 Å². The number of nitrogens with zero attached hydrogens (tertiary/aromatic N) is 2. The van der Waals surface area contributed by atoms with Crippen LogP contribution in [0.2, 0.25) is 0 Å². The Morgan fingerprint density at radius 1 is 1.04 bits per heavy atom. The highest BCUT2D eigenvalue weighted by molar-refractivity contribution is 6.06. The fourth-order valence-corrected chi connectivity index (χ4v) is 3.07. The second kappa shape index (κ2) is 7.99. The van der Waals surface area contributed by atoms with Gasteiger partial charge in [-0.15, -0.1) is 0 Å². The third-order valence-electron chi connectivity index (χ3n) is 4.52. The Balaban J connectivity index is 1.97. The van der Waals surface area contributed by atoms with Crippen LogP contribution in [0.25, 0.3) is 0 Å². The van der Waals surface area contributed by atoms with E-state index < -0.39 is 5.56 Å². The topological polar surface area (TPSA) is 42.3 Å². The summed E-state index contributed by atoms with van der Waals surface area (Å²) in [4.78, 5) is 27.5. The van der Waals surface area contributed by atoms with Crippen molar-refractivity contribution in [2.24, 2.45) is 0 Å². The van der Waals surface area contributed by atoms with Crippen LogP contribution < -0.4 is 10.5 Å². The molecule has 0 aliphatic heterocycles. The van der Waals surface area contributed by atoms with Gasteiger partial charge in [-0.3, -0.25) is 9.59 Å². The van der Waals surface area contributed by atoms with Gasteiger partial charge < -0.3 is 9.47 Å². The van der Waals surface area contributed by atoms with Crippen LogP contribution in [-0.4, -0.2) is 17.0 Å². The number of hydrogen-bond acceptors (Lipinski definition) is 2. The Morgan fingerprint density at radius 3 is 2.44 bits per heavy atom. The molecule has 1 aromatic heterocycles. The van der Waals surface area contributed by atoms with Crippen molar-refractivity contribution in [3.05, 3.63) is 99.7 Å². The number of rotatable bonds is 5. The van der Waals surface area contributed by atoms with Gasteiger partial charge in [0.05, 0.1) is 6.54 Å². The molecule has 138 valence electrons. The van der Waals surface area contributed by atoms with Crippen molar-refractivity contribution >= 4 is 11.6 Å². The second-order valence-corrected chi connectivity index (χ2v) is 6.28. The molecule has 0 bridgehead atoms. The largest absolute Gasteiger partial charge is 0.310 e. The van der Waals surface area contributed by atoms with Gasteiger partial charge in [-0.1, -0.05) is 36.4 Å². The van der Waals surface area contributed by atoms with E-state index in [1.54, 1.807) is 35.4 Å². The molecule has 0 atom stereocenters. The van der Waals surface area contributed by atoms with Gasteiger partial charge in [-0.2, -0.15) is 0 Å². The summed E-state index contributed by atoms with van der Waals surface area (Å²) >= 11 is 0. The van der Waals surface area contributed by atoms with Gasteiger partial charge in [0.1, 0.15) is 11.4 Å². The SMILES string of the molecule is CCN(C(=O)c1cccn(Cc2ccccc2F)c1=O)c1ccccc1C. The molecule has 0 fully saturated rings. The Morgan fingerprint density at radius 2 is 1.74 bits per heavy atom. The van der Waals surface area contributed by atoms with Gasteiger partial charge in [0.25, 0.3) is 11.5 Å². The van der Waals surface area contributed by atoms with Crippen molar-refractivity contribution in [2.75, 3.05) is 11.4 Å². The van der Waals surface area contributed by atoms with Crippen LogP contribution in [-0.2, 0) is 6.54 Å². The van der Waals surface area contributed by atoms with E-state index in [2.05, 4.69) is 0 Å². The minimum atomic E-state index is -0.433. The first-order valence-corrected chi connectivity index (χ1v) is 8.83. The smallest absolute Gasteiger partial charge is 0.263 e. The number of benzene rings is 2. The van der Waals surface area contributed by atoms with Gasteiger partial charge in [-0.05, 0) is 43.7 Å². The number of aryl methyl sites for hydroxylation is 1. The number of hydrogen-bond donors (Lipinski definition) is 0. The first-order chi connectivity index (χ1) is 13.0. The average Bonchev–Trinajstić information content (AvgIpc) is 2.67. The zero-order valence-corrected chi connectivity index (χ0v) is 15.4. The van der Waals surface area contributed by atoms with Crippen molar-refractivity contribution < 1.29 is 9.18 Å². The highest BCUT2D eigenvalue weighted by Gasteiger charge is 2.21. The predicted octanol–water partition coefficient (Wildman–Crippen LogP) is 4.01. The zero-order valence-electron chi connectivity index (χ0n) is 15.4. The fourth-order valence-electron chi connectivity index (χ4n) is 3.07. The molecule has 0 saturated heterocycles. The van der Waals surface area contributed by atoms with Crippen LogP contribution in [0, 0.1) is 12.7 Å². The van der Waals surface area contributed by atoms with Crippen LogP contribution in [0.1, 0.15) is 28.4 Å². The van der Waals surface area contributed by atoms with Crippen LogP contribution in [0.15, 0.2) is 71.7 Å². The zero-order chi connectivity index (χ0) is 19.4. The summed E-state index contributed by atoms with van der Waals surface area (Å²) in [5.41, 5.74) is 1.76. The van der Waals surface area contributed by atoms with Crippen LogP contribution >= 0.6 is 0 Å². The first-order valence-electron chi connectivity index (χ1n) is 8.83. The summed E-state index contributed by atoms with van der Waals surface area (Å²) in [6.07, 6.45) is 1.57. The predicted molar refractivity (Wildman–Crippen MR) is 105 cm³/mol. The molecule has 0 unspecified atom stereocenters. The number of aromatic nitrogens is 1. The van der Waals surface area contributed by atoms with Gasteiger partial charge in [0.15, 0.2) is 0 Å². The lowest BCUT2D eigenvalue weighted by atomic mass is 10.1. The highest BCUT2D eigenvalue weighted by Crippen LogP contribution is 2.20. The number of anilines is 1. The van der Waals surface area contributed by atoms with E-state index in [1.807, 2.05) is 38.1 Å². The second-order valence-electron chi connectivity index (χ2n) is 6.28. The number of pyridine rings is 1. The third kappa shape index (κ3) is 3.82. The molecule has 2 aromatic carbocycles. The van der Waals surface area contributed by atoms with E-state index in [0.717, 1.165) is 11.3 Å². The standard InChI is InChI=1S/C22H21FN2O2/c1-3-25(20-13-7-4-9-16(20)2)22(27)18-11-8-14-24(21(18)26)15-17-10-5-6-12-19(17)23/h4-14H,3,15H2,1-2H3. The molecule has 0 aliphatic rings. The van der Waals surface area contributed by atoms with Crippen LogP contribution in [0.5, 0.6) is 0 Å². The lowest BCUT2D eigenvalue weighted by Gasteiger charge is -2.23. The molecule has 5 heteroatoms. The number of para-hydroxylation sites is 1. The van der Waals surface area contributed by atoms with E-state index in [1.165, 1.54) is 16.7 Å². The summed E-state index contributed by atoms with van der Waals surface area (Å²) in [6, 6.07) is 17.0. The molecule has 4 nitrogen and oxygen atoms in total. The molecular formula is C22H21FN2O2. The van der Waals surface area contributed by atoms with Crippen molar-refractivity contribution in [1.29, 1.82) is 0 Å². The molecule has 3 aromatic rings. The molecule has 0 aliphatic carbocycles. The van der Waals surface area contributed by atoms with Crippen molar-refractivity contribution in [2.45, 2.75) is 20.4 Å². The number of halogens is 1. The monoisotopic (exact) mass is 364 g/mol. The van der Waals surface area contributed by atoms with Crippen LogP contribution in [0.4, 0.5) is 10.1 Å². The number of carbonyl (C=O) groups excluding carboxylic acids is 1. The van der Waals surface area contributed by atoms with Crippen LogP contribution in [0.3, 0.4) is 0 Å². The van der Waals surface area contributed by atoms with Crippen molar-refractivity contribution in [3.63, 3.8) is 0 Å². The fraction of sp³-hybridized carbons (Fsp3) is 0.182. The molecule has 3 rings (SSSR count). The quantitative estimate of drug-likeness (QED) is 0.686. The van der Waals surface area contributed by atoms with Gasteiger partial charge >= 0.3 is 0 Å². The van der Waals surface area contributed by atoms with E-state index in [0.29, 0.717) is 12.1 Å². The van der Waals surface area contributed by atoms with E-state index in [-0.39, 0.29) is 23.8 Å². The minimum absolute atomic E-state index is 0.0685. The lowest BCUT2D eigenvalue weighted by molar-refractivity contribution is 0.0986. The molecule has 1 heterocycles. The Kier molecular flexibility index (Phi) is 5.50. The first kappa shape index (κ1) is 18.6. The lowest BCUT2D eigenvalue weighted by Crippen LogP contribution is -2.37. The summed E-state index contributed by atoms with van der Waals surface area (Å²) in [5, 5.41) is 0. The van der Waals surface area contributed by atoms with Crippen molar-refractivity contribution in [1.82, 2.24) is 4.57 Å². The Labute approximate surface area is 157 Å². The maximum absolute atomic E-state index is 13.9. The average molecular weight is 364 g/mol. The molecule has 0 saturated carbocycles. The van der Waals surface area contributed by atoms with E-state index >= 15 is 0 Å². The van der Waals surface area contributed by atoms with Crippen molar-refractivity contribution in [3.8, 4) is 0 Å².